The molecule has 0 aliphatic rings. The molecule has 9 nitrogen and oxygen atoms in total. The number of hydrogen-bond acceptors (Lipinski definition) is 5. The summed E-state index contributed by atoms with van der Waals surface area (Å²) < 4.78 is 2.94. The van der Waals surface area contributed by atoms with Crippen molar-refractivity contribution >= 4 is 17.4 Å². The molecule has 0 atom stereocenters. The van der Waals surface area contributed by atoms with Crippen molar-refractivity contribution in [1.82, 2.24) is 19.6 Å². The summed E-state index contributed by atoms with van der Waals surface area (Å²) in [5.74, 6) is 0.0550. The lowest BCUT2D eigenvalue weighted by atomic mass is 10.1. The van der Waals surface area contributed by atoms with Crippen molar-refractivity contribution in [2.24, 2.45) is 0 Å². The van der Waals surface area contributed by atoms with Crippen molar-refractivity contribution in [3.05, 3.63) is 70.2 Å². The highest BCUT2D eigenvalue weighted by molar-refractivity contribution is 5.89. The second kappa shape index (κ2) is 6.95. The minimum Gasteiger partial charge on any atom is -0.308 e. The number of aromatic nitrogens is 4. The molecule has 0 saturated heterocycles. The monoisotopic (exact) mass is 340 g/mol. The maximum atomic E-state index is 12.0. The molecule has 128 valence electrons. The Morgan fingerprint density at radius 2 is 2.08 bits per heavy atom. The van der Waals surface area contributed by atoms with Gasteiger partial charge in [-0.3, -0.25) is 24.3 Å². The minimum absolute atomic E-state index is 0.126. The lowest BCUT2D eigenvalue weighted by Crippen LogP contribution is -2.19. The van der Waals surface area contributed by atoms with Crippen molar-refractivity contribution in [2.75, 3.05) is 5.32 Å². The van der Waals surface area contributed by atoms with Crippen molar-refractivity contribution in [3.63, 3.8) is 0 Å². The van der Waals surface area contributed by atoms with E-state index in [2.05, 4.69) is 15.5 Å². The van der Waals surface area contributed by atoms with E-state index in [0.29, 0.717) is 12.4 Å². The van der Waals surface area contributed by atoms with Gasteiger partial charge in [-0.15, -0.1) is 0 Å². The fraction of sp³-hybridized carbons (Fsp3) is 0.188. The molecule has 3 rings (SSSR count). The Bertz CT molecular complexity index is 914. The Labute approximate surface area is 143 Å². The molecular weight excluding hydrogens is 324 g/mol. The predicted molar refractivity (Wildman–Crippen MR) is 90.0 cm³/mol. The Morgan fingerprint density at radius 3 is 2.80 bits per heavy atom. The molecule has 1 aromatic carbocycles. The van der Waals surface area contributed by atoms with Crippen molar-refractivity contribution in [1.29, 1.82) is 0 Å². The molecule has 0 bridgehead atoms. The fourth-order valence-corrected chi connectivity index (χ4v) is 2.34. The number of amides is 1. The summed E-state index contributed by atoms with van der Waals surface area (Å²) in [6.45, 7) is 2.51. The predicted octanol–water partition coefficient (Wildman–Crippen LogP) is 1.98. The van der Waals surface area contributed by atoms with E-state index < -0.39 is 4.92 Å². The fourth-order valence-electron chi connectivity index (χ4n) is 2.34. The first-order valence-corrected chi connectivity index (χ1v) is 7.56. The van der Waals surface area contributed by atoms with E-state index in [9.17, 15) is 14.9 Å². The van der Waals surface area contributed by atoms with Crippen LogP contribution in [0, 0.1) is 17.0 Å². The van der Waals surface area contributed by atoms with Crippen LogP contribution in [0.1, 0.15) is 11.1 Å². The number of rotatable bonds is 6. The number of nitrogens with zero attached hydrogens (tertiary/aromatic N) is 5. The number of nitrogens with one attached hydrogen (secondary N) is 1. The third kappa shape index (κ3) is 4.08. The van der Waals surface area contributed by atoms with E-state index in [-0.39, 0.29) is 18.1 Å². The number of anilines is 1. The van der Waals surface area contributed by atoms with Gasteiger partial charge in [-0.25, -0.2) is 0 Å². The Morgan fingerprint density at radius 1 is 1.28 bits per heavy atom. The zero-order chi connectivity index (χ0) is 17.8. The summed E-state index contributed by atoms with van der Waals surface area (Å²) in [5, 5.41) is 21.3. The molecular formula is C16H16N6O3. The van der Waals surface area contributed by atoms with Crippen LogP contribution in [0.2, 0.25) is 0 Å². The summed E-state index contributed by atoms with van der Waals surface area (Å²) in [6, 6.07) is 9.71. The minimum atomic E-state index is -0.561. The van der Waals surface area contributed by atoms with Gasteiger partial charge >= 0.3 is 5.69 Å². The number of benzene rings is 1. The Kier molecular flexibility index (Phi) is 4.55. The van der Waals surface area contributed by atoms with Gasteiger partial charge in [0.1, 0.15) is 18.9 Å². The summed E-state index contributed by atoms with van der Waals surface area (Å²) in [5.41, 5.74) is 2.16. The highest BCUT2D eigenvalue weighted by Crippen LogP contribution is 2.11. The molecule has 0 saturated carbocycles. The van der Waals surface area contributed by atoms with Gasteiger partial charge in [-0.1, -0.05) is 24.3 Å². The average molecular weight is 340 g/mol. The molecule has 0 spiro atoms. The van der Waals surface area contributed by atoms with E-state index in [1.165, 1.54) is 16.4 Å². The van der Waals surface area contributed by atoms with E-state index >= 15 is 0 Å². The van der Waals surface area contributed by atoms with E-state index in [1.807, 2.05) is 31.2 Å². The Balaban J connectivity index is 1.59. The van der Waals surface area contributed by atoms with Crippen LogP contribution >= 0.6 is 0 Å². The van der Waals surface area contributed by atoms with Crippen LogP contribution in [-0.2, 0) is 17.9 Å². The first-order chi connectivity index (χ1) is 12.0. The molecule has 0 aliphatic heterocycles. The van der Waals surface area contributed by atoms with Crippen molar-refractivity contribution < 1.29 is 9.72 Å². The van der Waals surface area contributed by atoms with E-state index in [0.717, 1.165) is 11.8 Å². The van der Waals surface area contributed by atoms with Crippen molar-refractivity contribution in [3.8, 4) is 0 Å². The number of nitro groups is 1. The first-order valence-electron chi connectivity index (χ1n) is 7.56. The van der Waals surface area contributed by atoms with Crippen LogP contribution in [0.4, 0.5) is 11.5 Å². The number of carbonyl (C=O) groups excluding carboxylic acids is 1. The van der Waals surface area contributed by atoms with E-state index in [4.69, 9.17) is 0 Å². The molecule has 25 heavy (non-hydrogen) atoms. The quantitative estimate of drug-likeness (QED) is 0.545. The average Bonchev–Trinajstić information content (AvgIpc) is 3.19. The topological polar surface area (TPSA) is 108 Å². The second-order valence-corrected chi connectivity index (χ2v) is 5.53. The summed E-state index contributed by atoms with van der Waals surface area (Å²) in [4.78, 5) is 22.0. The maximum absolute atomic E-state index is 12.0. The van der Waals surface area contributed by atoms with Gasteiger partial charge in [0.25, 0.3) is 0 Å². The molecule has 0 unspecified atom stereocenters. The Hall–Kier alpha value is -3.49. The lowest BCUT2D eigenvalue weighted by Gasteiger charge is -2.05. The van der Waals surface area contributed by atoms with E-state index in [1.54, 1.807) is 16.9 Å². The largest absolute Gasteiger partial charge is 0.308 e. The highest BCUT2D eigenvalue weighted by Gasteiger charge is 2.12. The SMILES string of the molecule is Cc1ccccc1Cn1ccc(NC(=O)Cn2cc([N+](=O)[O-])cn2)n1. The first kappa shape index (κ1) is 16.4. The third-order valence-corrected chi connectivity index (χ3v) is 3.64. The maximum Gasteiger partial charge on any atom is 0.307 e. The molecule has 1 N–H and O–H groups in total. The molecule has 0 aliphatic carbocycles. The summed E-state index contributed by atoms with van der Waals surface area (Å²) in [6.07, 6.45) is 4.08. The number of carbonyl (C=O) groups is 1. The molecule has 3 aromatic rings. The van der Waals surface area contributed by atoms with Gasteiger partial charge in [-0.05, 0) is 18.1 Å². The number of aryl methyl sites for hydroxylation is 1. The van der Waals surface area contributed by atoms with Crippen molar-refractivity contribution in [2.45, 2.75) is 20.0 Å². The molecule has 9 heteroatoms. The van der Waals surface area contributed by atoms with Crippen LogP contribution in [0.15, 0.2) is 48.9 Å². The smallest absolute Gasteiger partial charge is 0.307 e. The second-order valence-electron chi connectivity index (χ2n) is 5.53. The van der Waals surface area contributed by atoms with Gasteiger partial charge in [-0.2, -0.15) is 10.2 Å². The van der Waals surface area contributed by atoms with Gasteiger partial charge in [0.15, 0.2) is 5.82 Å². The van der Waals surface area contributed by atoms with Gasteiger partial charge < -0.3 is 5.32 Å². The van der Waals surface area contributed by atoms with Crippen LogP contribution in [0.3, 0.4) is 0 Å². The number of hydrogen-bond donors (Lipinski definition) is 1. The lowest BCUT2D eigenvalue weighted by molar-refractivity contribution is -0.385. The van der Waals surface area contributed by atoms with Crippen LogP contribution in [-0.4, -0.2) is 30.4 Å². The molecule has 2 aromatic heterocycles. The summed E-state index contributed by atoms with van der Waals surface area (Å²) >= 11 is 0. The molecule has 0 fully saturated rings. The van der Waals surface area contributed by atoms with Crippen LogP contribution in [0.25, 0.3) is 0 Å². The highest BCUT2D eigenvalue weighted by atomic mass is 16.6. The standard InChI is InChI=1S/C16H16N6O3/c1-12-4-2-3-5-13(12)9-20-7-6-15(19-20)18-16(23)11-21-10-14(8-17-21)22(24)25/h2-8,10H,9,11H2,1H3,(H,18,19,23). The molecule has 1 amide bonds. The van der Waals surface area contributed by atoms with Crippen LogP contribution in [0.5, 0.6) is 0 Å². The molecule has 2 heterocycles. The zero-order valence-corrected chi connectivity index (χ0v) is 13.5. The van der Waals surface area contributed by atoms with Gasteiger partial charge in [0, 0.05) is 12.3 Å². The normalized spacial score (nSPS) is 10.6. The van der Waals surface area contributed by atoms with Gasteiger partial charge in [0.2, 0.25) is 5.91 Å². The van der Waals surface area contributed by atoms with Gasteiger partial charge in [0.05, 0.1) is 11.5 Å². The zero-order valence-electron chi connectivity index (χ0n) is 13.5. The third-order valence-electron chi connectivity index (χ3n) is 3.64. The summed E-state index contributed by atoms with van der Waals surface area (Å²) in [7, 11) is 0. The molecule has 0 radical (unpaired) electrons. The van der Waals surface area contributed by atoms with Crippen LogP contribution < -0.4 is 5.32 Å².